The van der Waals surface area contributed by atoms with Gasteiger partial charge in [0, 0.05) is 19.4 Å². The maximum atomic E-state index is 12.6. The van der Waals surface area contributed by atoms with Gasteiger partial charge in [-0.2, -0.15) is 0 Å². The van der Waals surface area contributed by atoms with E-state index in [4.69, 9.17) is 4.74 Å². The van der Waals surface area contributed by atoms with Crippen molar-refractivity contribution in [3.63, 3.8) is 0 Å². The van der Waals surface area contributed by atoms with E-state index in [-0.39, 0.29) is 5.97 Å². The van der Waals surface area contributed by atoms with E-state index in [0.29, 0.717) is 30.8 Å². The molecule has 1 heterocycles. The van der Waals surface area contributed by atoms with E-state index in [1.165, 1.54) is 116 Å². The molecular weight excluding hydrogens is 520 g/mol. The molecule has 0 atom stereocenters. The zero-order valence-corrected chi connectivity index (χ0v) is 28.5. The molecule has 0 amide bonds. The summed E-state index contributed by atoms with van der Waals surface area (Å²) >= 11 is 0. The quantitative estimate of drug-likeness (QED) is 0.0511. The summed E-state index contributed by atoms with van der Waals surface area (Å²) < 4.78 is 5.84. The fraction of sp³-hybridized carbons (Fsp3) is 0.946. The van der Waals surface area contributed by atoms with Gasteiger partial charge in [-0.3, -0.25) is 4.79 Å². The van der Waals surface area contributed by atoms with Crippen LogP contribution in [0.15, 0.2) is 0 Å². The molecular formula is C37H72N2O3. The summed E-state index contributed by atoms with van der Waals surface area (Å²) in [7, 11) is 0. The highest BCUT2D eigenvalue weighted by molar-refractivity contribution is 5.69. The van der Waals surface area contributed by atoms with E-state index >= 15 is 0 Å². The molecule has 0 saturated carbocycles. The van der Waals surface area contributed by atoms with Crippen molar-refractivity contribution in [3.8, 4) is 0 Å². The van der Waals surface area contributed by atoms with Crippen molar-refractivity contribution < 1.29 is 14.3 Å². The van der Waals surface area contributed by atoms with Crippen LogP contribution in [0.1, 0.15) is 175 Å². The van der Waals surface area contributed by atoms with Crippen molar-refractivity contribution in [1.29, 1.82) is 0 Å². The minimum Gasteiger partial charge on any atom is -0.465 e. The minimum absolute atomic E-state index is 0.0140. The SMILES string of the molecule is CCCCCCCCC(CCCCCCCC)COC(=O)CCCCCN(CCCCCC=O)CC1(C)CCNCC1. The van der Waals surface area contributed by atoms with Crippen LogP contribution in [0.5, 0.6) is 0 Å². The number of esters is 1. The summed E-state index contributed by atoms with van der Waals surface area (Å²) in [6.07, 6.45) is 29.7. The Kier molecular flexibility index (Phi) is 25.7. The van der Waals surface area contributed by atoms with Crippen molar-refractivity contribution in [1.82, 2.24) is 10.2 Å². The maximum absolute atomic E-state index is 12.6. The number of carbonyl (C=O) groups excluding carboxylic acids is 2. The second-order valence-electron chi connectivity index (χ2n) is 13.8. The molecule has 1 saturated heterocycles. The highest BCUT2D eigenvalue weighted by atomic mass is 16.5. The molecule has 0 spiro atoms. The molecule has 248 valence electrons. The monoisotopic (exact) mass is 593 g/mol. The summed E-state index contributed by atoms with van der Waals surface area (Å²) in [5.74, 6) is 0.558. The van der Waals surface area contributed by atoms with E-state index in [2.05, 4.69) is 31.0 Å². The summed E-state index contributed by atoms with van der Waals surface area (Å²) in [6.45, 7) is 13.3. The Labute approximate surface area is 262 Å². The Balaban J connectivity index is 2.33. The first-order chi connectivity index (χ1) is 20.5. The number of nitrogens with zero attached hydrogens (tertiary/aromatic N) is 1. The number of hydrogen-bond donors (Lipinski definition) is 1. The van der Waals surface area contributed by atoms with Gasteiger partial charge in [0.25, 0.3) is 0 Å². The first kappa shape index (κ1) is 39.1. The van der Waals surface area contributed by atoms with Crippen molar-refractivity contribution >= 4 is 12.3 Å². The molecule has 0 aromatic heterocycles. The fourth-order valence-electron chi connectivity index (χ4n) is 6.54. The van der Waals surface area contributed by atoms with Crippen LogP contribution in [0, 0.1) is 11.3 Å². The van der Waals surface area contributed by atoms with E-state index in [0.717, 1.165) is 64.6 Å². The van der Waals surface area contributed by atoms with Gasteiger partial charge >= 0.3 is 5.97 Å². The average molecular weight is 593 g/mol. The van der Waals surface area contributed by atoms with Gasteiger partial charge < -0.3 is 19.7 Å². The second-order valence-corrected chi connectivity index (χ2v) is 13.8. The molecule has 1 aliphatic rings. The molecule has 1 N–H and O–H groups in total. The largest absolute Gasteiger partial charge is 0.465 e. The number of unbranched alkanes of at least 4 members (excludes halogenated alkanes) is 15. The van der Waals surface area contributed by atoms with Crippen LogP contribution < -0.4 is 5.32 Å². The topological polar surface area (TPSA) is 58.6 Å². The van der Waals surface area contributed by atoms with Crippen LogP contribution in [-0.2, 0) is 14.3 Å². The Morgan fingerprint density at radius 3 is 1.86 bits per heavy atom. The van der Waals surface area contributed by atoms with Gasteiger partial charge in [-0.1, -0.05) is 111 Å². The third kappa shape index (κ3) is 22.6. The third-order valence-electron chi connectivity index (χ3n) is 9.48. The summed E-state index contributed by atoms with van der Waals surface area (Å²) in [6, 6.07) is 0. The van der Waals surface area contributed by atoms with E-state index in [1.807, 2.05) is 0 Å². The lowest BCUT2D eigenvalue weighted by Gasteiger charge is -2.39. The summed E-state index contributed by atoms with van der Waals surface area (Å²) in [4.78, 5) is 25.9. The fourth-order valence-corrected chi connectivity index (χ4v) is 6.54. The standard InChI is InChI=1S/C37H72N2O3/c1-4-6-8-10-12-17-23-35(24-18-13-11-9-7-5-2)33-42-36(41)25-19-16-21-31-39(30-20-14-15-22-32-40)34-37(3)26-28-38-29-27-37/h32,35,38H,4-31,33-34H2,1-3H3. The normalized spacial score (nSPS) is 15.0. The highest BCUT2D eigenvalue weighted by Crippen LogP contribution is 2.29. The first-order valence-corrected chi connectivity index (χ1v) is 18.5. The molecule has 0 aromatic rings. The molecule has 1 aliphatic heterocycles. The van der Waals surface area contributed by atoms with E-state index in [9.17, 15) is 9.59 Å². The highest BCUT2D eigenvalue weighted by Gasteiger charge is 2.28. The van der Waals surface area contributed by atoms with Gasteiger partial charge in [-0.05, 0) is 88.9 Å². The Hall–Kier alpha value is -0.940. The van der Waals surface area contributed by atoms with Gasteiger partial charge in [0.05, 0.1) is 6.61 Å². The predicted molar refractivity (Wildman–Crippen MR) is 180 cm³/mol. The van der Waals surface area contributed by atoms with Crippen LogP contribution in [0.25, 0.3) is 0 Å². The van der Waals surface area contributed by atoms with Crippen molar-refractivity contribution in [3.05, 3.63) is 0 Å². The molecule has 5 nitrogen and oxygen atoms in total. The van der Waals surface area contributed by atoms with Crippen LogP contribution in [0.2, 0.25) is 0 Å². The lowest BCUT2D eigenvalue weighted by Crippen LogP contribution is -2.43. The number of rotatable bonds is 30. The maximum Gasteiger partial charge on any atom is 0.305 e. The molecule has 5 heteroatoms. The Morgan fingerprint density at radius 2 is 1.29 bits per heavy atom. The molecule has 0 bridgehead atoms. The van der Waals surface area contributed by atoms with Crippen molar-refractivity contribution in [2.75, 3.05) is 39.3 Å². The smallest absolute Gasteiger partial charge is 0.305 e. The number of aldehydes is 1. The van der Waals surface area contributed by atoms with E-state index < -0.39 is 0 Å². The molecule has 1 rings (SSSR count). The lowest BCUT2D eigenvalue weighted by atomic mass is 9.80. The van der Waals surface area contributed by atoms with Crippen LogP contribution >= 0.6 is 0 Å². The van der Waals surface area contributed by atoms with Crippen molar-refractivity contribution in [2.24, 2.45) is 11.3 Å². The van der Waals surface area contributed by atoms with Crippen LogP contribution in [0.3, 0.4) is 0 Å². The van der Waals surface area contributed by atoms with Gasteiger partial charge in [0.15, 0.2) is 0 Å². The zero-order valence-electron chi connectivity index (χ0n) is 28.5. The second kappa shape index (κ2) is 27.6. The van der Waals surface area contributed by atoms with E-state index in [1.54, 1.807) is 0 Å². The third-order valence-corrected chi connectivity index (χ3v) is 9.48. The summed E-state index contributed by atoms with van der Waals surface area (Å²) in [5.41, 5.74) is 0.402. The minimum atomic E-state index is 0.0140. The lowest BCUT2D eigenvalue weighted by molar-refractivity contribution is -0.145. The number of piperidine rings is 1. The van der Waals surface area contributed by atoms with Crippen LogP contribution in [0.4, 0.5) is 0 Å². The van der Waals surface area contributed by atoms with Gasteiger partial charge in [0.2, 0.25) is 0 Å². The Bertz CT molecular complexity index is 604. The van der Waals surface area contributed by atoms with Gasteiger partial charge in [-0.15, -0.1) is 0 Å². The Morgan fingerprint density at radius 1 is 0.762 bits per heavy atom. The van der Waals surface area contributed by atoms with Gasteiger partial charge in [0.1, 0.15) is 6.29 Å². The number of hydrogen-bond acceptors (Lipinski definition) is 5. The molecule has 42 heavy (non-hydrogen) atoms. The number of carbonyl (C=O) groups is 2. The zero-order chi connectivity index (χ0) is 30.6. The average Bonchev–Trinajstić information content (AvgIpc) is 2.98. The first-order valence-electron chi connectivity index (χ1n) is 18.5. The number of ether oxygens (including phenoxy) is 1. The van der Waals surface area contributed by atoms with Crippen LogP contribution in [-0.4, -0.2) is 56.5 Å². The van der Waals surface area contributed by atoms with Crippen molar-refractivity contribution in [2.45, 2.75) is 175 Å². The van der Waals surface area contributed by atoms with Gasteiger partial charge in [-0.25, -0.2) is 0 Å². The molecule has 0 unspecified atom stereocenters. The summed E-state index contributed by atoms with van der Waals surface area (Å²) in [5, 5.41) is 3.51. The predicted octanol–water partition coefficient (Wildman–Crippen LogP) is 9.66. The number of nitrogens with one attached hydrogen (secondary N) is 1. The molecule has 1 fully saturated rings. The molecule has 0 aromatic carbocycles. The molecule has 0 aliphatic carbocycles. The molecule has 0 radical (unpaired) electrons.